The van der Waals surface area contributed by atoms with Crippen LogP contribution in [-0.2, 0) is 11.3 Å². The molecule has 1 unspecified atom stereocenters. The summed E-state index contributed by atoms with van der Waals surface area (Å²) in [6.45, 7) is 6.96. The van der Waals surface area contributed by atoms with Gasteiger partial charge in [-0.3, -0.25) is 4.90 Å². The van der Waals surface area contributed by atoms with Crippen LogP contribution in [0.25, 0.3) is 0 Å². The van der Waals surface area contributed by atoms with Gasteiger partial charge in [0.25, 0.3) is 0 Å². The van der Waals surface area contributed by atoms with Gasteiger partial charge in [0.2, 0.25) is 0 Å². The smallest absolute Gasteiger partial charge is 0.0897 e. The second-order valence-corrected chi connectivity index (χ2v) is 6.16. The summed E-state index contributed by atoms with van der Waals surface area (Å²) in [6.07, 6.45) is 2.34. The van der Waals surface area contributed by atoms with Gasteiger partial charge in [0.15, 0.2) is 0 Å². The van der Waals surface area contributed by atoms with Crippen molar-refractivity contribution in [1.29, 1.82) is 0 Å². The molecule has 1 atom stereocenters. The van der Waals surface area contributed by atoms with Crippen LogP contribution in [0.15, 0.2) is 6.20 Å². The van der Waals surface area contributed by atoms with Crippen molar-refractivity contribution in [3.8, 4) is 0 Å². The molecule has 0 radical (unpaired) electrons. The Kier molecular flexibility index (Phi) is 4.50. The molecule has 1 aromatic rings. The number of ether oxygens (including phenoxy) is 1. The lowest BCUT2D eigenvalue weighted by atomic mass is 10.2. The van der Waals surface area contributed by atoms with Crippen LogP contribution in [0.2, 0.25) is 0 Å². The molecule has 96 valence electrons. The van der Waals surface area contributed by atoms with Crippen molar-refractivity contribution in [3.05, 3.63) is 16.1 Å². The minimum absolute atomic E-state index is 0.341. The van der Waals surface area contributed by atoms with Crippen LogP contribution >= 0.6 is 11.3 Å². The highest BCUT2D eigenvalue weighted by molar-refractivity contribution is 7.11. The topological polar surface area (TPSA) is 28.6 Å². The molecule has 2 rings (SSSR count). The van der Waals surface area contributed by atoms with Crippen molar-refractivity contribution >= 4 is 11.3 Å². The molecule has 0 bridgehead atoms. The number of nitrogens with zero attached hydrogens (tertiary/aromatic N) is 3. The summed E-state index contributed by atoms with van der Waals surface area (Å²) in [7, 11) is 4.18. The Labute approximate surface area is 107 Å². The van der Waals surface area contributed by atoms with Crippen molar-refractivity contribution in [2.45, 2.75) is 19.6 Å². The highest BCUT2D eigenvalue weighted by Crippen LogP contribution is 2.16. The fraction of sp³-hybridized carbons (Fsp3) is 0.750. The van der Waals surface area contributed by atoms with Gasteiger partial charge in [-0.1, -0.05) is 0 Å². The Balaban J connectivity index is 1.85. The zero-order valence-electron chi connectivity index (χ0n) is 10.8. The zero-order valence-corrected chi connectivity index (χ0v) is 11.7. The normalized spacial score (nSPS) is 22.2. The second kappa shape index (κ2) is 5.91. The minimum Gasteiger partial charge on any atom is -0.374 e. The molecule has 0 amide bonds. The molecule has 1 aromatic heterocycles. The summed E-state index contributed by atoms with van der Waals surface area (Å²) in [4.78, 5) is 10.3. The van der Waals surface area contributed by atoms with Crippen molar-refractivity contribution in [3.63, 3.8) is 0 Å². The van der Waals surface area contributed by atoms with E-state index in [2.05, 4.69) is 35.8 Å². The molecule has 2 heterocycles. The molecular formula is C12H21N3OS. The Bertz CT molecular complexity index is 353. The largest absolute Gasteiger partial charge is 0.374 e. The third-order valence-electron chi connectivity index (χ3n) is 2.84. The molecule has 1 aliphatic heterocycles. The number of hydrogen-bond donors (Lipinski definition) is 0. The molecule has 0 N–H and O–H groups in total. The Morgan fingerprint density at radius 3 is 3.06 bits per heavy atom. The van der Waals surface area contributed by atoms with E-state index in [-0.39, 0.29) is 0 Å². The number of morpholine rings is 1. The van der Waals surface area contributed by atoms with E-state index in [9.17, 15) is 0 Å². The first-order valence-electron chi connectivity index (χ1n) is 6.03. The standard InChI is InChI=1S/C12H21N3OS/c1-10-13-6-12(17-10)9-15-4-5-16-11(8-15)7-14(2)3/h6,11H,4-5,7-9H2,1-3H3. The molecule has 17 heavy (non-hydrogen) atoms. The first-order valence-corrected chi connectivity index (χ1v) is 6.85. The van der Waals surface area contributed by atoms with Crippen LogP contribution in [0, 0.1) is 6.92 Å². The fourth-order valence-corrected chi connectivity index (χ4v) is 2.98. The summed E-state index contributed by atoms with van der Waals surface area (Å²) in [5.74, 6) is 0. The summed E-state index contributed by atoms with van der Waals surface area (Å²) in [6, 6.07) is 0. The Morgan fingerprint density at radius 2 is 2.41 bits per heavy atom. The van der Waals surface area contributed by atoms with Crippen LogP contribution in [0.4, 0.5) is 0 Å². The van der Waals surface area contributed by atoms with Crippen molar-refractivity contribution in [2.75, 3.05) is 40.3 Å². The van der Waals surface area contributed by atoms with Gasteiger partial charge in [0.05, 0.1) is 17.7 Å². The fourth-order valence-electron chi connectivity index (χ4n) is 2.14. The van der Waals surface area contributed by atoms with E-state index in [1.54, 1.807) is 11.3 Å². The molecule has 0 saturated carbocycles. The summed E-state index contributed by atoms with van der Waals surface area (Å²) >= 11 is 1.79. The van der Waals surface area contributed by atoms with Gasteiger partial charge in [0, 0.05) is 37.3 Å². The monoisotopic (exact) mass is 255 g/mol. The number of hydrogen-bond acceptors (Lipinski definition) is 5. The van der Waals surface area contributed by atoms with Crippen LogP contribution in [0.5, 0.6) is 0 Å². The lowest BCUT2D eigenvalue weighted by molar-refractivity contribution is -0.0404. The van der Waals surface area contributed by atoms with Crippen LogP contribution < -0.4 is 0 Å². The van der Waals surface area contributed by atoms with E-state index in [0.29, 0.717) is 6.10 Å². The third kappa shape index (κ3) is 4.03. The van der Waals surface area contributed by atoms with Crippen LogP contribution in [0.3, 0.4) is 0 Å². The molecule has 5 heteroatoms. The van der Waals surface area contributed by atoms with Gasteiger partial charge < -0.3 is 9.64 Å². The van der Waals surface area contributed by atoms with Crippen molar-refractivity contribution < 1.29 is 4.74 Å². The molecule has 0 aromatic carbocycles. The Morgan fingerprint density at radius 1 is 1.59 bits per heavy atom. The third-order valence-corrected chi connectivity index (χ3v) is 3.74. The number of thiazole rings is 1. The second-order valence-electron chi connectivity index (χ2n) is 4.84. The van der Waals surface area contributed by atoms with Crippen LogP contribution in [-0.4, -0.2) is 61.2 Å². The predicted molar refractivity (Wildman–Crippen MR) is 70.4 cm³/mol. The van der Waals surface area contributed by atoms with Gasteiger partial charge in [0.1, 0.15) is 0 Å². The number of aryl methyl sites for hydroxylation is 1. The average molecular weight is 255 g/mol. The van der Waals surface area contributed by atoms with Gasteiger partial charge in [-0.25, -0.2) is 4.98 Å². The zero-order chi connectivity index (χ0) is 12.3. The first kappa shape index (κ1) is 13.0. The first-order chi connectivity index (χ1) is 8.13. The molecular weight excluding hydrogens is 234 g/mol. The summed E-state index contributed by atoms with van der Waals surface area (Å²) in [5, 5.41) is 1.15. The summed E-state index contributed by atoms with van der Waals surface area (Å²) < 4.78 is 5.77. The molecule has 4 nitrogen and oxygen atoms in total. The quantitative estimate of drug-likeness (QED) is 0.809. The van der Waals surface area contributed by atoms with Gasteiger partial charge in [-0.05, 0) is 21.0 Å². The Hall–Kier alpha value is -0.490. The lowest BCUT2D eigenvalue weighted by Crippen LogP contribution is -2.45. The van der Waals surface area contributed by atoms with E-state index < -0.39 is 0 Å². The number of aromatic nitrogens is 1. The maximum absolute atomic E-state index is 5.77. The highest BCUT2D eigenvalue weighted by atomic mass is 32.1. The van der Waals surface area contributed by atoms with E-state index in [1.807, 2.05) is 6.20 Å². The number of rotatable bonds is 4. The van der Waals surface area contributed by atoms with Gasteiger partial charge in [-0.15, -0.1) is 11.3 Å². The van der Waals surface area contributed by atoms with Crippen LogP contribution in [0.1, 0.15) is 9.88 Å². The van der Waals surface area contributed by atoms with E-state index in [1.165, 1.54) is 4.88 Å². The highest BCUT2D eigenvalue weighted by Gasteiger charge is 2.21. The number of likely N-dealkylation sites (N-methyl/N-ethyl adjacent to an activating group) is 1. The average Bonchev–Trinajstić information content (AvgIpc) is 2.63. The van der Waals surface area contributed by atoms with Crippen molar-refractivity contribution in [1.82, 2.24) is 14.8 Å². The minimum atomic E-state index is 0.341. The lowest BCUT2D eigenvalue weighted by Gasteiger charge is -2.33. The molecule has 0 aliphatic carbocycles. The van der Waals surface area contributed by atoms with Gasteiger partial charge >= 0.3 is 0 Å². The van der Waals surface area contributed by atoms with Crippen molar-refractivity contribution in [2.24, 2.45) is 0 Å². The van der Waals surface area contributed by atoms with E-state index in [0.717, 1.165) is 37.8 Å². The van der Waals surface area contributed by atoms with E-state index >= 15 is 0 Å². The molecule has 1 fully saturated rings. The molecule has 1 saturated heterocycles. The molecule has 0 spiro atoms. The van der Waals surface area contributed by atoms with Gasteiger partial charge in [-0.2, -0.15) is 0 Å². The summed E-state index contributed by atoms with van der Waals surface area (Å²) in [5.41, 5.74) is 0. The van der Waals surface area contributed by atoms with E-state index in [4.69, 9.17) is 4.74 Å². The maximum Gasteiger partial charge on any atom is 0.0897 e. The maximum atomic E-state index is 5.77. The predicted octanol–water partition coefficient (Wildman–Crippen LogP) is 1.21. The molecule has 1 aliphatic rings. The SMILES string of the molecule is Cc1ncc(CN2CCOC(CN(C)C)C2)s1.